The molecule has 7 atom stereocenters. The Balaban J connectivity index is 2.36. The fourth-order valence-corrected chi connectivity index (χ4v) is 7.37. The Kier molecular flexibility index (Phi) is 40.6. The number of aliphatic hydroxyl groups excluding tert-OH is 5. The Bertz CT molecular complexity index is 1320. The lowest BCUT2D eigenvalue weighted by Crippen LogP contribution is -2.60. The zero-order chi connectivity index (χ0) is 46.6. The molecule has 1 heterocycles. The van der Waals surface area contributed by atoms with E-state index in [2.05, 4.69) is 86.0 Å². The maximum absolute atomic E-state index is 12.9. The molecule has 0 bridgehead atoms. The van der Waals surface area contributed by atoms with Crippen LogP contribution in [0.4, 0.5) is 0 Å². The maximum Gasteiger partial charge on any atom is 0.224 e. The standard InChI is InChI=1S/C55H93NO8/c1-3-5-7-9-11-13-15-17-19-20-21-22-23-24-25-26-27-28-29-31-32-34-36-38-40-42-44-49(58)48(47-63-55-54(62)53(61)52(60)50(46-57)64-55)56-51(59)45-43-41-39-37-35-33-30-18-16-14-12-10-8-6-4-2/h6,8,12,14,18,28-30,34-37,41-44,48-50,52-55,57-58,60-62H,3-5,7,9-11,13,15-17,19-27,31-33,38-40,45-47H2,1-2H3,(H,56,59)/b8-6-,14-12-,29-28+,30-18-,36-34+,37-35-,43-41-,44-42+. The summed E-state index contributed by atoms with van der Waals surface area (Å²) in [4.78, 5) is 12.9. The molecule has 1 aliphatic heterocycles. The number of hydrogen-bond acceptors (Lipinski definition) is 8. The molecule has 1 rings (SSSR count). The molecule has 0 aromatic heterocycles. The number of carbonyl (C=O) groups is 1. The number of aliphatic hydroxyl groups is 5. The van der Waals surface area contributed by atoms with Gasteiger partial charge in [-0.3, -0.25) is 4.79 Å². The summed E-state index contributed by atoms with van der Waals surface area (Å²) in [6, 6.07) is -0.889. The predicted molar refractivity (Wildman–Crippen MR) is 267 cm³/mol. The molecule has 0 aromatic carbocycles. The molecular formula is C55H93NO8. The Morgan fingerprint density at radius 2 is 0.984 bits per heavy atom. The molecule has 9 heteroatoms. The van der Waals surface area contributed by atoms with E-state index >= 15 is 0 Å². The first kappa shape index (κ1) is 59.1. The van der Waals surface area contributed by atoms with E-state index in [1.165, 1.54) is 103 Å². The van der Waals surface area contributed by atoms with Crippen molar-refractivity contribution in [2.45, 2.75) is 230 Å². The molecule has 1 saturated heterocycles. The number of nitrogens with one attached hydrogen (secondary N) is 1. The third kappa shape index (κ3) is 33.6. The largest absolute Gasteiger partial charge is 0.394 e. The van der Waals surface area contributed by atoms with Gasteiger partial charge in [0.05, 0.1) is 25.4 Å². The van der Waals surface area contributed by atoms with Crippen LogP contribution in [0.15, 0.2) is 97.2 Å². The monoisotopic (exact) mass is 896 g/mol. The molecule has 0 aromatic rings. The zero-order valence-corrected chi connectivity index (χ0v) is 40.2. The van der Waals surface area contributed by atoms with Crippen LogP contribution < -0.4 is 5.32 Å². The van der Waals surface area contributed by atoms with Crippen molar-refractivity contribution in [2.75, 3.05) is 13.2 Å². The first-order valence-corrected chi connectivity index (χ1v) is 25.5. The Labute approximate surface area is 390 Å². The average Bonchev–Trinajstić information content (AvgIpc) is 3.29. The molecule has 0 radical (unpaired) electrons. The highest BCUT2D eigenvalue weighted by atomic mass is 16.7. The molecule has 9 nitrogen and oxygen atoms in total. The highest BCUT2D eigenvalue weighted by Crippen LogP contribution is 2.22. The van der Waals surface area contributed by atoms with Gasteiger partial charge >= 0.3 is 0 Å². The Hall–Kier alpha value is -2.89. The van der Waals surface area contributed by atoms with Gasteiger partial charge in [0.2, 0.25) is 5.91 Å². The van der Waals surface area contributed by atoms with Gasteiger partial charge < -0.3 is 40.3 Å². The minimum absolute atomic E-state index is 0.0972. The van der Waals surface area contributed by atoms with Gasteiger partial charge in [-0.05, 0) is 70.6 Å². The average molecular weight is 896 g/mol. The summed E-state index contributed by atoms with van der Waals surface area (Å²) in [5, 5.41) is 54.1. The van der Waals surface area contributed by atoms with Crippen LogP contribution >= 0.6 is 0 Å². The molecule has 6 N–H and O–H groups in total. The summed E-state index contributed by atoms with van der Waals surface area (Å²) in [6.07, 6.45) is 56.4. The molecule has 1 aliphatic rings. The molecule has 0 aliphatic carbocycles. The number of rotatable bonds is 41. The summed E-state index contributed by atoms with van der Waals surface area (Å²) >= 11 is 0. The highest BCUT2D eigenvalue weighted by molar-refractivity contribution is 5.77. The van der Waals surface area contributed by atoms with Gasteiger partial charge in [-0.1, -0.05) is 207 Å². The summed E-state index contributed by atoms with van der Waals surface area (Å²) < 4.78 is 11.2. The summed E-state index contributed by atoms with van der Waals surface area (Å²) in [5.74, 6) is -0.321. The van der Waals surface area contributed by atoms with Crippen LogP contribution in [0.25, 0.3) is 0 Å². The molecular weight excluding hydrogens is 803 g/mol. The van der Waals surface area contributed by atoms with E-state index in [9.17, 15) is 30.3 Å². The van der Waals surface area contributed by atoms with Crippen LogP contribution in [0, 0.1) is 0 Å². The molecule has 0 spiro atoms. The van der Waals surface area contributed by atoms with E-state index in [0.717, 1.165) is 51.4 Å². The molecule has 64 heavy (non-hydrogen) atoms. The quantitative estimate of drug-likeness (QED) is 0.0262. The molecule has 0 saturated carbocycles. The Morgan fingerprint density at radius 3 is 1.47 bits per heavy atom. The van der Waals surface area contributed by atoms with Gasteiger partial charge in [0.15, 0.2) is 6.29 Å². The zero-order valence-electron chi connectivity index (χ0n) is 40.2. The Morgan fingerprint density at radius 1 is 0.547 bits per heavy atom. The first-order valence-electron chi connectivity index (χ1n) is 25.5. The van der Waals surface area contributed by atoms with E-state index in [4.69, 9.17) is 9.47 Å². The summed E-state index contributed by atoms with van der Waals surface area (Å²) in [5.41, 5.74) is 0. The number of unbranched alkanes of at least 4 members (excludes halogenated alkanes) is 18. The third-order valence-corrected chi connectivity index (χ3v) is 11.4. The van der Waals surface area contributed by atoms with Crippen molar-refractivity contribution in [3.8, 4) is 0 Å². The van der Waals surface area contributed by atoms with Crippen molar-refractivity contribution < 1.29 is 39.8 Å². The van der Waals surface area contributed by atoms with E-state index in [1.54, 1.807) is 12.2 Å². The van der Waals surface area contributed by atoms with Crippen molar-refractivity contribution >= 4 is 5.91 Å². The lowest BCUT2D eigenvalue weighted by atomic mass is 9.99. The van der Waals surface area contributed by atoms with E-state index in [0.29, 0.717) is 12.8 Å². The second-order valence-corrected chi connectivity index (χ2v) is 17.2. The van der Waals surface area contributed by atoms with E-state index in [1.807, 2.05) is 18.2 Å². The molecule has 7 unspecified atom stereocenters. The fourth-order valence-electron chi connectivity index (χ4n) is 7.37. The topological polar surface area (TPSA) is 149 Å². The minimum Gasteiger partial charge on any atom is -0.394 e. The second kappa shape index (κ2) is 44.0. The number of hydrogen-bond donors (Lipinski definition) is 6. The lowest BCUT2D eigenvalue weighted by molar-refractivity contribution is -0.302. The smallest absolute Gasteiger partial charge is 0.224 e. The van der Waals surface area contributed by atoms with Gasteiger partial charge in [-0.15, -0.1) is 0 Å². The normalized spacial score (nSPS) is 20.9. The second-order valence-electron chi connectivity index (χ2n) is 17.2. The number of allylic oxidation sites excluding steroid dienone is 14. The van der Waals surface area contributed by atoms with Gasteiger partial charge in [0.25, 0.3) is 0 Å². The SMILES string of the molecule is CC/C=C\C/C=C\C/C=C\C/C=C\C/C=C\CC(=O)NC(COC1OC(CO)C(O)C(O)C1O)C(O)/C=C/CC/C=C/CC/C=C/CCCCCCCCCCCCCCCCCC. The van der Waals surface area contributed by atoms with Crippen molar-refractivity contribution in [3.05, 3.63) is 97.2 Å². The van der Waals surface area contributed by atoms with Crippen LogP contribution in [0.5, 0.6) is 0 Å². The fraction of sp³-hybridized carbons (Fsp3) is 0.691. The molecule has 1 fully saturated rings. The lowest BCUT2D eigenvalue weighted by Gasteiger charge is -2.40. The van der Waals surface area contributed by atoms with Crippen LogP contribution in [-0.2, 0) is 14.3 Å². The van der Waals surface area contributed by atoms with Crippen LogP contribution in [0.2, 0.25) is 0 Å². The van der Waals surface area contributed by atoms with Gasteiger partial charge in [-0.2, -0.15) is 0 Å². The molecule has 366 valence electrons. The van der Waals surface area contributed by atoms with Crippen molar-refractivity contribution in [2.24, 2.45) is 0 Å². The van der Waals surface area contributed by atoms with Crippen LogP contribution in [-0.4, -0.2) is 87.5 Å². The summed E-state index contributed by atoms with van der Waals surface area (Å²) in [7, 11) is 0. The first-order chi connectivity index (χ1) is 31.3. The summed E-state index contributed by atoms with van der Waals surface area (Å²) in [6.45, 7) is 3.57. The number of ether oxygens (including phenoxy) is 2. The van der Waals surface area contributed by atoms with Crippen molar-refractivity contribution in [1.29, 1.82) is 0 Å². The van der Waals surface area contributed by atoms with Crippen molar-refractivity contribution in [1.82, 2.24) is 5.32 Å². The van der Waals surface area contributed by atoms with Gasteiger partial charge in [-0.25, -0.2) is 0 Å². The van der Waals surface area contributed by atoms with E-state index in [-0.39, 0.29) is 18.9 Å². The van der Waals surface area contributed by atoms with Crippen molar-refractivity contribution in [3.63, 3.8) is 0 Å². The number of amides is 1. The van der Waals surface area contributed by atoms with Crippen LogP contribution in [0.1, 0.15) is 187 Å². The maximum atomic E-state index is 12.9. The third-order valence-electron chi connectivity index (χ3n) is 11.4. The minimum atomic E-state index is -1.60. The van der Waals surface area contributed by atoms with Gasteiger partial charge in [0.1, 0.15) is 24.4 Å². The van der Waals surface area contributed by atoms with Gasteiger partial charge in [0, 0.05) is 6.42 Å². The number of carbonyl (C=O) groups excluding carboxylic acids is 1. The van der Waals surface area contributed by atoms with E-state index < -0.39 is 49.5 Å². The molecule has 1 amide bonds. The highest BCUT2D eigenvalue weighted by Gasteiger charge is 2.44. The van der Waals surface area contributed by atoms with Crippen LogP contribution in [0.3, 0.4) is 0 Å². The predicted octanol–water partition coefficient (Wildman–Crippen LogP) is 11.7.